The number of carbonyl (C=O) groups excluding carboxylic acids is 2. The number of para-hydroxylation sites is 1. The third-order valence-electron chi connectivity index (χ3n) is 4.09. The summed E-state index contributed by atoms with van der Waals surface area (Å²) in [4.78, 5) is 24.9. The first-order chi connectivity index (χ1) is 12.5. The fourth-order valence-electron chi connectivity index (χ4n) is 2.55. The second-order valence-corrected chi connectivity index (χ2v) is 6.17. The van der Waals surface area contributed by atoms with Crippen molar-refractivity contribution in [3.63, 3.8) is 0 Å². The van der Waals surface area contributed by atoms with Crippen LogP contribution in [0, 0.1) is 13.8 Å². The molecule has 0 atom stereocenters. The Labute approximate surface area is 152 Å². The third kappa shape index (κ3) is 4.16. The van der Waals surface area contributed by atoms with Crippen LogP contribution in [0.5, 0.6) is 0 Å². The number of anilines is 2. The Morgan fingerprint density at radius 3 is 1.96 bits per heavy atom. The maximum atomic E-state index is 12.5. The van der Waals surface area contributed by atoms with E-state index < -0.39 is 0 Å². The van der Waals surface area contributed by atoms with Crippen LogP contribution in [0.15, 0.2) is 72.8 Å². The molecule has 0 aliphatic heterocycles. The van der Waals surface area contributed by atoms with Crippen LogP contribution < -0.4 is 10.6 Å². The fraction of sp³-hybridized carbons (Fsp3) is 0.0909. The van der Waals surface area contributed by atoms with Crippen LogP contribution in [0.25, 0.3) is 0 Å². The molecule has 0 aliphatic carbocycles. The molecule has 2 N–H and O–H groups in total. The summed E-state index contributed by atoms with van der Waals surface area (Å²) in [5.41, 5.74) is 4.45. The van der Waals surface area contributed by atoms with Gasteiger partial charge in [-0.15, -0.1) is 0 Å². The van der Waals surface area contributed by atoms with E-state index in [1.54, 1.807) is 24.3 Å². The summed E-state index contributed by atoms with van der Waals surface area (Å²) >= 11 is 0. The molecule has 4 heteroatoms. The molecule has 0 aromatic heterocycles. The maximum absolute atomic E-state index is 12.5. The summed E-state index contributed by atoms with van der Waals surface area (Å²) in [5, 5.41) is 5.72. The molecule has 0 radical (unpaired) electrons. The van der Waals surface area contributed by atoms with Crippen molar-refractivity contribution in [1.29, 1.82) is 0 Å². The zero-order chi connectivity index (χ0) is 18.5. The van der Waals surface area contributed by atoms with Crippen molar-refractivity contribution in [2.45, 2.75) is 13.8 Å². The predicted octanol–water partition coefficient (Wildman–Crippen LogP) is 4.81. The second-order valence-electron chi connectivity index (χ2n) is 6.17. The molecule has 26 heavy (non-hydrogen) atoms. The average molecular weight is 344 g/mol. The highest BCUT2D eigenvalue weighted by molar-refractivity contribution is 6.08. The average Bonchev–Trinajstić information content (AvgIpc) is 2.65. The summed E-state index contributed by atoms with van der Waals surface area (Å²) < 4.78 is 0. The van der Waals surface area contributed by atoms with Gasteiger partial charge in [-0.2, -0.15) is 0 Å². The summed E-state index contributed by atoms with van der Waals surface area (Å²) in [6, 6.07) is 21.8. The van der Waals surface area contributed by atoms with E-state index in [4.69, 9.17) is 0 Å². The Hall–Kier alpha value is -3.40. The molecular weight excluding hydrogens is 324 g/mol. The van der Waals surface area contributed by atoms with Crippen LogP contribution in [0.3, 0.4) is 0 Å². The Kier molecular flexibility index (Phi) is 5.13. The number of hydrogen-bond donors (Lipinski definition) is 2. The van der Waals surface area contributed by atoms with Crippen molar-refractivity contribution in [1.82, 2.24) is 0 Å². The Morgan fingerprint density at radius 2 is 1.31 bits per heavy atom. The van der Waals surface area contributed by atoms with Crippen molar-refractivity contribution >= 4 is 23.2 Å². The Bertz CT molecular complexity index is 946. The van der Waals surface area contributed by atoms with E-state index in [1.165, 1.54) is 0 Å². The number of nitrogens with one attached hydrogen (secondary N) is 2. The lowest BCUT2D eigenvalue weighted by Gasteiger charge is -2.10. The highest BCUT2D eigenvalue weighted by atomic mass is 16.2. The van der Waals surface area contributed by atoms with Crippen LogP contribution in [-0.2, 0) is 0 Å². The van der Waals surface area contributed by atoms with E-state index in [-0.39, 0.29) is 11.8 Å². The zero-order valence-corrected chi connectivity index (χ0v) is 14.7. The maximum Gasteiger partial charge on any atom is 0.255 e. The van der Waals surface area contributed by atoms with E-state index in [2.05, 4.69) is 10.6 Å². The summed E-state index contributed by atoms with van der Waals surface area (Å²) in [6.07, 6.45) is 0. The van der Waals surface area contributed by atoms with E-state index in [9.17, 15) is 9.59 Å². The highest BCUT2D eigenvalue weighted by Crippen LogP contribution is 2.16. The third-order valence-corrected chi connectivity index (χ3v) is 4.09. The van der Waals surface area contributed by atoms with E-state index in [0.717, 1.165) is 22.5 Å². The second kappa shape index (κ2) is 7.66. The van der Waals surface area contributed by atoms with Gasteiger partial charge in [0.2, 0.25) is 0 Å². The molecule has 3 rings (SSSR count). The number of hydrogen-bond acceptors (Lipinski definition) is 2. The molecule has 3 aromatic carbocycles. The minimum absolute atomic E-state index is 0.246. The lowest BCUT2D eigenvalue weighted by Crippen LogP contribution is -2.16. The van der Waals surface area contributed by atoms with Crippen molar-refractivity contribution in [3.8, 4) is 0 Å². The molecule has 0 bridgehead atoms. The van der Waals surface area contributed by atoms with Crippen LogP contribution >= 0.6 is 0 Å². The van der Waals surface area contributed by atoms with Gasteiger partial charge in [-0.05, 0) is 55.8 Å². The van der Waals surface area contributed by atoms with E-state index in [0.29, 0.717) is 11.1 Å². The Morgan fingerprint density at radius 1 is 0.692 bits per heavy atom. The SMILES string of the molecule is Cc1ccc(NC(=O)c2cccc(C(=O)Nc3ccccc3C)c2)cc1. The number of aryl methyl sites for hydroxylation is 2. The number of benzene rings is 3. The molecule has 0 aliphatic rings. The van der Waals surface area contributed by atoms with Gasteiger partial charge in [0.15, 0.2) is 0 Å². The van der Waals surface area contributed by atoms with E-state index in [1.807, 2.05) is 62.4 Å². The smallest absolute Gasteiger partial charge is 0.255 e. The lowest BCUT2D eigenvalue weighted by molar-refractivity contribution is 0.102. The molecule has 0 unspecified atom stereocenters. The lowest BCUT2D eigenvalue weighted by atomic mass is 10.1. The molecule has 4 nitrogen and oxygen atoms in total. The van der Waals surface area contributed by atoms with Gasteiger partial charge >= 0.3 is 0 Å². The molecule has 0 spiro atoms. The largest absolute Gasteiger partial charge is 0.322 e. The molecule has 130 valence electrons. The standard InChI is InChI=1S/C22H20N2O2/c1-15-10-12-19(13-11-15)23-21(25)17-7-5-8-18(14-17)22(26)24-20-9-4-3-6-16(20)2/h3-14H,1-2H3,(H,23,25)(H,24,26). The molecule has 0 saturated heterocycles. The van der Waals surface area contributed by atoms with Gasteiger partial charge in [-0.1, -0.05) is 42.0 Å². The first-order valence-electron chi connectivity index (χ1n) is 8.38. The Balaban J connectivity index is 1.75. The van der Waals surface area contributed by atoms with Crippen molar-refractivity contribution in [2.75, 3.05) is 10.6 Å². The first-order valence-corrected chi connectivity index (χ1v) is 8.38. The van der Waals surface area contributed by atoms with Gasteiger partial charge in [0.25, 0.3) is 11.8 Å². The van der Waals surface area contributed by atoms with Crippen LogP contribution in [0.2, 0.25) is 0 Å². The molecular formula is C22H20N2O2. The predicted molar refractivity (Wildman–Crippen MR) is 105 cm³/mol. The topological polar surface area (TPSA) is 58.2 Å². The minimum atomic E-state index is -0.251. The van der Waals surface area contributed by atoms with Crippen LogP contribution in [-0.4, -0.2) is 11.8 Å². The van der Waals surface area contributed by atoms with Crippen molar-refractivity contribution in [2.24, 2.45) is 0 Å². The van der Waals surface area contributed by atoms with Gasteiger partial charge in [0, 0.05) is 22.5 Å². The molecule has 3 aromatic rings. The molecule has 0 heterocycles. The minimum Gasteiger partial charge on any atom is -0.322 e. The zero-order valence-electron chi connectivity index (χ0n) is 14.7. The van der Waals surface area contributed by atoms with Gasteiger partial charge in [-0.3, -0.25) is 9.59 Å². The summed E-state index contributed by atoms with van der Waals surface area (Å²) in [6.45, 7) is 3.92. The van der Waals surface area contributed by atoms with Crippen molar-refractivity contribution in [3.05, 3.63) is 95.1 Å². The van der Waals surface area contributed by atoms with Gasteiger partial charge in [0.05, 0.1) is 0 Å². The fourth-order valence-corrected chi connectivity index (χ4v) is 2.55. The molecule has 0 fully saturated rings. The number of rotatable bonds is 4. The number of carbonyl (C=O) groups is 2. The quantitative estimate of drug-likeness (QED) is 0.714. The molecule has 0 saturated carbocycles. The van der Waals surface area contributed by atoms with Crippen LogP contribution in [0.4, 0.5) is 11.4 Å². The van der Waals surface area contributed by atoms with Gasteiger partial charge < -0.3 is 10.6 Å². The van der Waals surface area contributed by atoms with Crippen LogP contribution in [0.1, 0.15) is 31.8 Å². The molecule has 2 amide bonds. The normalized spacial score (nSPS) is 10.2. The summed E-state index contributed by atoms with van der Waals surface area (Å²) in [5.74, 6) is -0.497. The van der Waals surface area contributed by atoms with Gasteiger partial charge in [-0.25, -0.2) is 0 Å². The van der Waals surface area contributed by atoms with E-state index >= 15 is 0 Å². The monoisotopic (exact) mass is 344 g/mol. The number of amides is 2. The summed E-state index contributed by atoms with van der Waals surface area (Å²) in [7, 11) is 0. The van der Waals surface area contributed by atoms with Gasteiger partial charge in [0.1, 0.15) is 0 Å². The first kappa shape index (κ1) is 17.4. The highest BCUT2D eigenvalue weighted by Gasteiger charge is 2.12. The van der Waals surface area contributed by atoms with Crippen molar-refractivity contribution < 1.29 is 9.59 Å².